The van der Waals surface area contributed by atoms with E-state index in [9.17, 15) is 4.79 Å². The monoisotopic (exact) mass is 357 g/mol. The van der Waals surface area contributed by atoms with E-state index in [1.807, 2.05) is 35.2 Å². The van der Waals surface area contributed by atoms with E-state index in [0.717, 1.165) is 47.3 Å². The standard InChI is InChI=1S/C19H23N3O2S/c23-19(13-25-12-14-6-7-14)22-9-8-17-16(10-22)18(21-20-17)11-24-15-4-2-1-3-5-15/h1-5,14H,6-13H2,(H,20,21). The fourth-order valence-corrected chi connectivity index (χ4v) is 4.19. The van der Waals surface area contributed by atoms with E-state index >= 15 is 0 Å². The lowest BCUT2D eigenvalue weighted by Gasteiger charge is -2.27. The van der Waals surface area contributed by atoms with Gasteiger partial charge in [-0.05, 0) is 36.6 Å². The number of aromatic nitrogens is 2. The maximum absolute atomic E-state index is 12.5. The normalized spacial score (nSPS) is 16.6. The highest BCUT2D eigenvalue weighted by Gasteiger charge is 2.26. The maximum atomic E-state index is 12.5. The van der Waals surface area contributed by atoms with Gasteiger partial charge in [-0.3, -0.25) is 9.89 Å². The van der Waals surface area contributed by atoms with Crippen LogP contribution < -0.4 is 4.74 Å². The van der Waals surface area contributed by atoms with Crippen LogP contribution in [0.3, 0.4) is 0 Å². The van der Waals surface area contributed by atoms with Crippen LogP contribution in [-0.2, 0) is 24.4 Å². The van der Waals surface area contributed by atoms with Crippen LogP contribution in [0.5, 0.6) is 5.75 Å². The number of hydrogen-bond donors (Lipinski definition) is 1. The molecule has 5 nitrogen and oxygen atoms in total. The van der Waals surface area contributed by atoms with Crippen LogP contribution in [0.2, 0.25) is 0 Å². The minimum absolute atomic E-state index is 0.243. The first-order valence-electron chi connectivity index (χ1n) is 8.88. The number of para-hydroxylation sites is 1. The third kappa shape index (κ3) is 4.18. The second-order valence-electron chi connectivity index (χ2n) is 6.75. The highest BCUT2D eigenvalue weighted by Crippen LogP contribution is 2.32. The van der Waals surface area contributed by atoms with Crippen molar-refractivity contribution in [1.29, 1.82) is 0 Å². The Bertz CT molecular complexity index is 728. The molecule has 4 rings (SSSR count). The molecule has 1 N–H and O–H groups in total. The summed E-state index contributed by atoms with van der Waals surface area (Å²) in [5.41, 5.74) is 3.17. The highest BCUT2D eigenvalue weighted by molar-refractivity contribution is 7.99. The van der Waals surface area contributed by atoms with Crippen LogP contribution in [0, 0.1) is 5.92 Å². The van der Waals surface area contributed by atoms with Gasteiger partial charge in [-0.15, -0.1) is 0 Å². The van der Waals surface area contributed by atoms with Gasteiger partial charge in [0.25, 0.3) is 0 Å². The lowest BCUT2D eigenvalue weighted by atomic mass is 10.1. The summed E-state index contributed by atoms with van der Waals surface area (Å²) in [5.74, 6) is 3.67. The molecule has 1 aromatic carbocycles. The van der Waals surface area contributed by atoms with Crippen molar-refractivity contribution in [3.63, 3.8) is 0 Å². The third-order valence-corrected chi connectivity index (χ3v) is 5.92. The van der Waals surface area contributed by atoms with E-state index in [0.29, 0.717) is 18.9 Å². The molecule has 25 heavy (non-hydrogen) atoms. The van der Waals surface area contributed by atoms with Crippen molar-refractivity contribution >= 4 is 17.7 Å². The number of fused-ring (bicyclic) bond motifs is 1. The fourth-order valence-electron chi connectivity index (χ4n) is 3.04. The topological polar surface area (TPSA) is 58.2 Å². The van der Waals surface area contributed by atoms with Crippen molar-refractivity contribution in [2.75, 3.05) is 18.1 Å². The summed E-state index contributed by atoms with van der Waals surface area (Å²) < 4.78 is 5.82. The molecule has 0 spiro atoms. The van der Waals surface area contributed by atoms with Gasteiger partial charge in [0.2, 0.25) is 5.91 Å². The summed E-state index contributed by atoms with van der Waals surface area (Å²) in [6.07, 6.45) is 3.52. The van der Waals surface area contributed by atoms with Crippen LogP contribution in [0.25, 0.3) is 0 Å². The predicted molar refractivity (Wildman–Crippen MR) is 98.5 cm³/mol. The van der Waals surface area contributed by atoms with Crippen molar-refractivity contribution in [2.45, 2.75) is 32.4 Å². The first kappa shape index (κ1) is 16.5. The molecular formula is C19H23N3O2S. The number of nitrogens with zero attached hydrogens (tertiary/aromatic N) is 2. The van der Waals surface area contributed by atoms with Gasteiger partial charge < -0.3 is 9.64 Å². The molecule has 1 amide bonds. The quantitative estimate of drug-likeness (QED) is 0.827. The van der Waals surface area contributed by atoms with Gasteiger partial charge in [0.05, 0.1) is 5.75 Å². The van der Waals surface area contributed by atoms with Crippen molar-refractivity contribution in [1.82, 2.24) is 15.1 Å². The van der Waals surface area contributed by atoms with E-state index in [1.54, 1.807) is 11.8 Å². The molecule has 2 heterocycles. The lowest BCUT2D eigenvalue weighted by molar-refractivity contribution is -0.129. The van der Waals surface area contributed by atoms with Crippen molar-refractivity contribution in [3.8, 4) is 5.75 Å². The largest absolute Gasteiger partial charge is 0.487 e. The van der Waals surface area contributed by atoms with E-state index in [-0.39, 0.29) is 5.91 Å². The van der Waals surface area contributed by atoms with Crippen LogP contribution in [0.15, 0.2) is 30.3 Å². The van der Waals surface area contributed by atoms with Crippen LogP contribution in [-0.4, -0.2) is 39.1 Å². The van der Waals surface area contributed by atoms with E-state index in [2.05, 4.69) is 10.2 Å². The van der Waals surface area contributed by atoms with E-state index < -0.39 is 0 Å². The van der Waals surface area contributed by atoms with Crippen molar-refractivity contribution in [2.24, 2.45) is 5.92 Å². The molecule has 0 bridgehead atoms. The van der Waals surface area contributed by atoms with E-state index in [1.165, 1.54) is 12.8 Å². The molecule has 2 aromatic rings. The number of nitrogens with one attached hydrogen (secondary N) is 1. The van der Waals surface area contributed by atoms with Crippen molar-refractivity contribution in [3.05, 3.63) is 47.3 Å². The Labute approximate surface area is 152 Å². The molecule has 0 saturated heterocycles. The maximum Gasteiger partial charge on any atom is 0.232 e. The van der Waals surface area contributed by atoms with Gasteiger partial charge in [0.15, 0.2) is 0 Å². The second kappa shape index (κ2) is 7.52. The average molecular weight is 357 g/mol. The smallest absolute Gasteiger partial charge is 0.232 e. The molecule has 1 aliphatic carbocycles. The van der Waals surface area contributed by atoms with Crippen molar-refractivity contribution < 1.29 is 9.53 Å². The number of carbonyl (C=O) groups excluding carboxylic acids is 1. The fraction of sp³-hybridized carbons (Fsp3) is 0.474. The number of H-pyrrole nitrogens is 1. The summed E-state index contributed by atoms with van der Waals surface area (Å²) >= 11 is 1.78. The second-order valence-corrected chi connectivity index (χ2v) is 7.78. The Morgan fingerprint density at radius 3 is 2.96 bits per heavy atom. The molecule has 0 radical (unpaired) electrons. The zero-order valence-corrected chi connectivity index (χ0v) is 15.1. The van der Waals surface area contributed by atoms with Gasteiger partial charge in [-0.2, -0.15) is 16.9 Å². The molecule has 1 saturated carbocycles. The Morgan fingerprint density at radius 1 is 1.32 bits per heavy atom. The first-order valence-corrected chi connectivity index (χ1v) is 10.0. The molecule has 1 fully saturated rings. The molecule has 2 aliphatic rings. The zero-order valence-electron chi connectivity index (χ0n) is 14.2. The highest BCUT2D eigenvalue weighted by atomic mass is 32.2. The summed E-state index contributed by atoms with van der Waals surface area (Å²) in [6.45, 7) is 1.84. The Kier molecular flexibility index (Phi) is 4.97. The Morgan fingerprint density at radius 2 is 2.16 bits per heavy atom. The molecule has 0 unspecified atom stereocenters. The lowest BCUT2D eigenvalue weighted by Crippen LogP contribution is -2.37. The number of amides is 1. The van der Waals surface area contributed by atoms with E-state index in [4.69, 9.17) is 4.74 Å². The number of ether oxygens (including phenoxy) is 1. The molecule has 0 atom stereocenters. The van der Waals surface area contributed by atoms with Gasteiger partial charge in [-0.1, -0.05) is 18.2 Å². The number of carbonyl (C=O) groups is 1. The SMILES string of the molecule is O=C(CSCC1CC1)N1CCc2[nH]nc(COc3ccccc3)c2C1. The van der Waals surface area contributed by atoms with Gasteiger partial charge in [-0.25, -0.2) is 0 Å². The first-order chi connectivity index (χ1) is 12.3. The predicted octanol–water partition coefficient (Wildman–Crippen LogP) is 3.02. The number of rotatable bonds is 7. The van der Waals surface area contributed by atoms with Crippen LogP contribution in [0.1, 0.15) is 29.8 Å². The van der Waals surface area contributed by atoms with Gasteiger partial charge in [0.1, 0.15) is 18.1 Å². The summed E-state index contributed by atoms with van der Waals surface area (Å²) in [5, 5.41) is 7.52. The van der Waals surface area contributed by atoms with Gasteiger partial charge in [0, 0.05) is 30.8 Å². The summed E-state index contributed by atoms with van der Waals surface area (Å²) in [6, 6.07) is 9.75. The summed E-state index contributed by atoms with van der Waals surface area (Å²) in [7, 11) is 0. The molecule has 6 heteroatoms. The van der Waals surface area contributed by atoms with Gasteiger partial charge >= 0.3 is 0 Å². The zero-order chi connectivity index (χ0) is 17.1. The number of aromatic amines is 1. The molecule has 1 aliphatic heterocycles. The third-order valence-electron chi connectivity index (χ3n) is 4.77. The Balaban J connectivity index is 1.34. The Hall–Kier alpha value is -1.95. The number of hydrogen-bond acceptors (Lipinski definition) is 4. The number of thioether (sulfide) groups is 1. The number of benzene rings is 1. The van der Waals surface area contributed by atoms with Crippen LogP contribution in [0.4, 0.5) is 0 Å². The molecule has 132 valence electrons. The minimum Gasteiger partial charge on any atom is -0.487 e. The summed E-state index contributed by atoms with van der Waals surface area (Å²) in [4.78, 5) is 14.4. The molecular weight excluding hydrogens is 334 g/mol. The molecule has 1 aromatic heterocycles. The average Bonchev–Trinajstić information content (AvgIpc) is 3.39. The minimum atomic E-state index is 0.243. The van der Waals surface area contributed by atoms with Crippen LogP contribution >= 0.6 is 11.8 Å².